The van der Waals surface area contributed by atoms with Crippen LogP contribution in [0.2, 0.25) is 0 Å². The lowest BCUT2D eigenvalue weighted by molar-refractivity contribution is -0.140. The molecular weight excluding hydrogens is 258 g/mol. The third kappa shape index (κ3) is 2.34. The molecule has 0 spiro atoms. The molecule has 2 aliphatic heterocycles. The summed E-state index contributed by atoms with van der Waals surface area (Å²) < 4.78 is 0. The largest absolute Gasteiger partial charge is 0.411 e. The number of oxime groups is 1. The van der Waals surface area contributed by atoms with Gasteiger partial charge in [0.1, 0.15) is 6.61 Å². The fourth-order valence-corrected chi connectivity index (χ4v) is 2.78. The molecule has 2 amide bonds. The van der Waals surface area contributed by atoms with Gasteiger partial charge in [0.15, 0.2) is 0 Å². The minimum Gasteiger partial charge on any atom is -0.411 e. The molecule has 2 atom stereocenters. The van der Waals surface area contributed by atoms with E-state index in [1.807, 2.05) is 30.3 Å². The van der Waals surface area contributed by atoms with E-state index in [1.165, 1.54) is 11.3 Å². The Hall–Kier alpha value is -2.08. The van der Waals surface area contributed by atoms with Crippen LogP contribution in [0.1, 0.15) is 18.4 Å². The molecule has 106 valence electrons. The normalized spacial score (nSPS) is 25.7. The van der Waals surface area contributed by atoms with Crippen molar-refractivity contribution >= 4 is 12.2 Å². The number of rotatable bonds is 4. The molecule has 1 aromatic carbocycles. The quantitative estimate of drug-likeness (QED) is 0.518. The van der Waals surface area contributed by atoms with E-state index < -0.39 is 0 Å². The summed E-state index contributed by atoms with van der Waals surface area (Å²) in [5, 5.41) is 13.2. The first-order chi connectivity index (χ1) is 9.79. The Morgan fingerprint density at radius 3 is 2.90 bits per heavy atom. The van der Waals surface area contributed by atoms with Gasteiger partial charge in [-0.3, -0.25) is 4.84 Å². The van der Waals surface area contributed by atoms with Crippen LogP contribution >= 0.6 is 0 Å². The maximum atomic E-state index is 12.3. The number of carbonyl (C=O) groups is 1. The minimum absolute atomic E-state index is 0.0922. The van der Waals surface area contributed by atoms with Gasteiger partial charge in [-0.2, -0.15) is 5.06 Å². The molecular formula is C14H17N3O3. The molecule has 2 aliphatic rings. The van der Waals surface area contributed by atoms with E-state index in [1.54, 1.807) is 4.90 Å². The molecule has 2 bridgehead atoms. The van der Waals surface area contributed by atoms with Crippen molar-refractivity contribution in [3.8, 4) is 0 Å². The van der Waals surface area contributed by atoms with Crippen LogP contribution in [-0.2, 0) is 11.4 Å². The van der Waals surface area contributed by atoms with Crippen LogP contribution in [-0.4, -0.2) is 46.0 Å². The molecule has 2 saturated heterocycles. The standard InChI is InChI=1S/C14H17N3O3/c18-14-16-9-13(7-6-12(16)8-15-19)17(14)20-10-11-4-2-1-3-5-11/h1-5,8,12-13,19H,6-7,9-10H2/b15-8+/t12-,13+/m0/s1. The topological polar surface area (TPSA) is 65.4 Å². The summed E-state index contributed by atoms with van der Waals surface area (Å²) in [6, 6.07) is 9.59. The first-order valence-corrected chi connectivity index (χ1v) is 6.74. The Labute approximate surface area is 117 Å². The van der Waals surface area contributed by atoms with E-state index in [2.05, 4.69) is 5.16 Å². The number of urea groups is 1. The van der Waals surface area contributed by atoms with Crippen LogP contribution in [0.4, 0.5) is 4.79 Å². The smallest absolute Gasteiger partial charge is 0.344 e. The molecule has 1 N–H and O–H groups in total. The van der Waals surface area contributed by atoms with Crippen molar-refractivity contribution < 1.29 is 14.8 Å². The Bertz CT molecular complexity index is 506. The predicted molar refractivity (Wildman–Crippen MR) is 72.3 cm³/mol. The molecule has 0 saturated carbocycles. The van der Waals surface area contributed by atoms with Gasteiger partial charge in [0, 0.05) is 6.54 Å². The van der Waals surface area contributed by atoms with Gasteiger partial charge in [0.05, 0.1) is 18.3 Å². The fourth-order valence-electron chi connectivity index (χ4n) is 2.78. The third-order valence-electron chi connectivity index (χ3n) is 3.82. The fraction of sp³-hybridized carbons (Fsp3) is 0.429. The van der Waals surface area contributed by atoms with Gasteiger partial charge in [-0.25, -0.2) is 4.79 Å². The average Bonchev–Trinajstić information content (AvgIpc) is 2.73. The first-order valence-electron chi connectivity index (χ1n) is 6.74. The van der Waals surface area contributed by atoms with Crippen molar-refractivity contribution in [1.29, 1.82) is 0 Å². The number of hydrogen-bond donors (Lipinski definition) is 1. The molecule has 0 aliphatic carbocycles. The first kappa shape index (κ1) is 12.9. The Morgan fingerprint density at radius 1 is 1.35 bits per heavy atom. The SMILES string of the molecule is O=C1N2C[C@@H](CC[C@H]2/C=N/O)N1OCc1ccccc1. The number of hydroxylamine groups is 2. The van der Waals surface area contributed by atoms with Crippen LogP contribution in [0.3, 0.4) is 0 Å². The highest BCUT2D eigenvalue weighted by Gasteiger charge is 2.45. The minimum atomic E-state index is -0.145. The van der Waals surface area contributed by atoms with Gasteiger partial charge < -0.3 is 10.1 Å². The lowest BCUT2D eigenvalue weighted by Crippen LogP contribution is -2.40. The van der Waals surface area contributed by atoms with Crippen molar-refractivity contribution in [3.05, 3.63) is 35.9 Å². The van der Waals surface area contributed by atoms with Crippen molar-refractivity contribution in [3.63, 3.8) is 0 Å². The highest BCUT2D eigenvalue weighted by molar-refractivity contribution is 5.81. The number of nitrogens with zero attached hydrogens (tertiary/aromatic N) is 3. The number of hydrogen-bond acceptors (Lipinski definition) is 4. The summed E-state index contributed by atoms with van der Waals surface area (Å²) in [5.74, 6) is 0. The Morgan fingerprint density at radius 2 is 2.15 bits per heavy atom. The molecule has 20 heavy (non-hydrogen) atoms. The third-order valence-corrected chi connectivity index (χ3v) is 3.82. The predicted octanol–water partition coefficient (Wildman–Crippen LogP) is 1.85. The molecule has 6 heteroatoms. The van der Waals surface area contributed by atoms with Crippen LogP contribution in [0.5, 0.6) is 0 Å². The molecule has 6 nitrogen and oxygen atoms in total. The van der Waals surface area contributed by atoms with E-state index in [-0.39, 0.29) is 18.1 Å². The average molecular weight is 275 g/mol. The molecule has 2 heterocycles. The highest BCUT2D eigenvalue weighted by atomic mass is 16.7. The number of piperidine rings is 1. The second-order valence-electron chi connectivity index (χ2n) is 5.08. The number of fused-ring (bicyclic) bond motifs is 2. The summed E-state index contributed by atoms with van der Waals surface area (Å²) >= 11 is 0. The lowest BCUT2D eigenvalue weighted by Gasteiger charge is -2.26. The highest BCUT2D eigenvalue weighted by Crippen LogP contribution is 2.29. The van der Waals surface area contributed by atoms with E-state index in [9.17, 15) is 4.79 Å². The van der Waals surface area contributed by atoms with E-state index in [0.29, 0.717) is 13.2 Å². The van der Waals surface area contributed by atoms with E-state index >= 15 is 0 Å². The van der Waals surface area contributed by atoms with E-state index in [4.69, 9.17) is 10.0 Å². The van der Waals surface area contributed by atoms with Gasteiger partial charge in [-0.05, 0) is 18.4 Å². The van der Waals surface area contributed by atoms with E-state index in [0.717, 1.165) is 18.4 Å². The van der Waals surface area contributed by atoms with Crippen LogP contribution in [0.15, 0.2) is 35.5 Å². The van der Waals surface area contributed by atoms with Crippen LogP contribution in [0.25, 0.3) is 0 Å². The zero-order valence-corrected chi connectivity index (χ0v) is 11.1. The molecule has 2 fully saturated rings. The Balaban J connectivity index is 1.65. The summed E-state index contributed by atoms with van der Waals surface area (Å²) in [6.07, 6.45) is 3.06. The number of benzene rings is 1. The Kier molecular flexibility index (Phi) is 3.56. The number of amides is 2. The second kappa shape index (κ2) is 5.50. The summed E-state index contributed by atoms with van der Waals surface area (Å²) in [4.78, 5) is 19.6. The van der Waals surface area contributed by atoms with Crippen LogP contribution < -0.4 is 0 Å². The van der Waals surface area contributed by atoms with Crippen molar-refractivity contribution in [2.24, 2.45) is 5.16 Å². The van der Waals surface area contributed by atoms with Crippen LogP contribution in [0, 0.1) is 0 Å². The van der Waals surface area contributed by atoms with Gasteiger partial charge in [0.25, 0.3) is 0 Å². The van der Waals surface area contributed by atoms with Gasteiger partial charge in [-0.1, -0.05) is 35.5 Å². The molecule has 1 aromatic rings. The summed E-state index contributed by atoms with van der Waals surface area (Å²) in [5.41, 5.74) is 1.03. The van der Waals surface area contributed by atoms with Crippen molar-refractivity contribution in [2.45, 2.75) is 31.5 Å². The maximum Gasteiger partial charge on any atom is 0.344 e. The number of carbonyl (C=O) groups excluding carboxylic acids is 1. The maximum absolute atomic E-state index is 12.3. The van der Waals surface area contributed by atoms with Crippen molar-refractivity contribution in [1.82, 2.24) is 9.96 Å². The zero-order chi connectivity index (χ0) is 13.9. The molecule has 0 radical (unpaired) electrons. The molecule has 0 unspecified atom stereocenters. The molecule has 3 rings (SSSR count). The monoisotopic (exact) mass is 275 g/mol. The zero-order valence-electron chi connectivity index (χ0n) is 11.1. The second-order valence-corrected chi connectivity index (χ2v) is 5.08. The van der Waals surface area contributed by atoms with Gasteiger partial charge in [-0.15, -0.1) is 0 Å². The van der Waals surface area contributed by atoms with Gasteiger partial charge >= 0.3 is 6.03 Å². The van der Waals surface area contributed by atoms with Gasteiger partial charge in [0.2, 0.25) is 0 Å². The molecule has 0 aromatic heterocycles. The van der Waals surface area contributed by atoms with Crippen molar-refractivity contribution in [2.75, 3.05) is 6.54 Å². The summed E-state index contributed by atoms with van der Waals surface area (Å²) in [6.45, 7) is 1.01. The lowest BCUT2D eigenvalue weighted by atomic mass is 10.0. The summed E-state index contributed by atoms with van der Waals surface area (Å²) in [7, 11) is 0.